The summed E-state index contributed by atoms with van der Waals surface area (Å²) in [6.45, 7) is 4.52. The summed E-state index contributed by atoms with van der Waals surface area (Å²) in [6, 6.07) is 0. The van der Waals surface area contributed by atoms with Crippen LogP contribution in [0.25, 0.3) is 0 Å². The van der Waals surface area contributed by atoms with Crippen LogP contribution < -0.4 is 5.32 Å². The van der Waals surface area contributed by atoms with Crippen molar-refractivity contribution in [3.05, 3.63) is 0 Å². The molecule has 0 unspecified atom stereocenters. The van der Waals surface area contributed by atoms with Gasteiger partial charge < -0.3 is 14.8 Å². The Morgan fingerprint density at radius 2 is 2.00 bits per heavy atom. The van der Waals surface area contributed by atoms with E-state index in [1.54, 1.807) is 0 Å². The molecule has 0 spiro atoms. The first kappa shape index (κ1) is 8.48. The Labute approximate surface area is 73.4 Å². The molecule has 1 aliphatic carbocycles. The van der Waals surface area contributed by atoms with Gasteiger partial charge in [-0.3, -0.25) is 0 Å². The maximum atomic E-state index is 5.49. The maximum absolute atomic E-state index is 5.49. The third-order valence-corrected chi connectivity index (χ3v) is 2.38. The van der Waals surface area contributed by atoms with Gasteiger partial charge >= 0.3 is 0 Å². The largest absolute Gasteiger partial charge is 0.379 e. The first-order valence-electron chi connectivity index (χ1n) is 4.85. The van der Waals surface area contributed by atoms with Crippen LogP contribution in [0.1, 0.15) is 12.8 Å². The normalized spacial score (nSPS) is 24.0. The first-order chi connectivity index (χ1) is 5.95. The highest BCUT2D eigenvalue weighted by molar-refractivity contribution is 4.74. The van der Waals surface area contributed by atoms with Crippen molar-refractivity contribution >= 4 is 0 Å². The molecule has 3 nitrogen and oxygen atoms in total. The van der Waals surface area contributed by atoms with E-state index < -0.39 is 0 Å². The molecule has 0 aromatic carbocycles. The highest BCUT2D eigenvalue weighted by Crippen LogP contribution is 2.28. The van der Waals surface area contributed by atoms with Crippen molar-refractivity contribution in [1.82, 2.24) is 5.32 Å². The Hall–Kier alpha value is -0.120. The van der Waals surface area contributed by atoms with Gasteiger partial charge in [0.1, 0.15) is 0 Å². The summed E-state index contributed by atoms with van der Waals surface area (Å²) in [5.41, 5.74) is 0. The number of nitrogens with one attached hydrogen (secondary N) is 1. The average molecular weight is 171 g/mol. The predicted molar refractivity (Wildman–Crippen MR) is 46.2 cm³/mol. The molecule has 1 aliphatic heterocycles. The molecule has 1 saturated heterocycles. The molecule has 0 bridgehead atoms. The van der Waals surface area contributed by atoms with Crippen LogP contribution in [-0.4, -0.2) is 39.0 Å². The zero-order valence-corrected chi connectivity index (χ0v) is 7.42. The van der Waals surface area contributed by atoms with Crippen LogP contribution in [0.15, 0.2) is 0 Å². The lowest BCUT2D eigenvalue weighted by Gasteiger charge is -2.26. The van der Waals surface area contributed by atoms with Gasteiger partial charge in [-0.15, -0.1) is 0 Å². The van der Waals surface area contributed by atoms with Gasteiger partial charge in [-0.1, -0.05) is 0 Å². The molecule has 70 valence electrons. The van der Waals surface area contributed by atoms with Gasteiger partial charge in [0.15, 0.2) is 0 Å². The minimum Gasteiger partial charge on any atom is -0.379 e. The third kappa shape index (κ3) is 2.73. The Morgan fingerprint density at radius 3 is 2.58 bits per heavy atom. The summed E-state index contributed by atoms with van der Waals surface area (Å²) < 4.78 is 10.9. The second kappa shape index (κ2) is 4.21. The molecule has 12 heavy (non-hydrogen) atoms. The summed E-state index contributed by atoms with van der Waals surface area (Å²) in [7, 11) is 0. The van der Waals surface area contributed by atoms with Gasteiger partial charge in [-0.2, -0.15) is 0 Å². The van der Waals surface area contributed by atoms with E-state index in [9.17, 15) is 0 Å². The minimum absolute atomic E-state index is 0.453. The molecule has 2 aliphatic rings. The standard InChI is InChI=1S/C9H17NO2/c1-2-8(1)7-11-3-4-12-9-5-10-6-9/h8-10H,1-7H2. The first-order valence-corrected chi connectivity index (χ1v) is 4.85. The van der Waals surface area contributed by atoms with Gasteiger partial charge in [0, 0.05) is 19.7 Å². The Morgan fingerprint density at radius 1 is 1.17 bits per heavy atom. The van der Waals surface area contributed by atoms with Crippen LogP contribution in [0.2, 0.25) is 0 Å². The molecule has 0 amide bonds. The van der Waals surface area contributed by atoms with E-state index in [-0.39, 0.29) is 0 Å². The predicted octanol–water partition coefficient (Wildman–Crippen LogP) is 0.401. The van der Waals surface area contributed by atoms with E-state index in [4.69, 9.17) is 9.47 Å². The highest BCUT2D eigenvalue weighted by Gasteiger charge is 2.21. The molecule has 0 aromatic heterocycles. The fraction of sp³-hybridized carbons (Fsp3) is 1.00. The highest BCUT2D eigenvalue weighted by atomic mass is 16.5. The molecule has 2 fully saturated rings. The molecule has 1 heterocycles. The SMILES string of the molecule is C(COC1CNC1)OCC1CC1. The van der Waals surface area contributed by atoms with E-state index in [0.717, 1.165) is 38.8 Å². The van der Waals surface area contributed by atoms with Crippen LogP contribution >= 0.6 is 0 Å². The van der Waals surface area contributed by atoms with Gasteiger partial charge in [-0.05, 0) is 18.8 Å². The summed E-state index contributed by atoms with van der Waals surface area (Å²) >= 11 is 0. The Bertz CT molecular complexity index is 132. The zero-order chi connectivity index (χ0) is 8.23. The van der Waals surface area contributed by atoms with Crippen molar-refractivity contribution in [3.63, 3.8) is 0 Å². The number of ether oxygens (including phenoxy) is 2. The van der Waals surface area contributed by atoms with Crippen molar-refractivity contribution < 1.29 is 9.47 Å². The molecule has 0 aromatic rings. The summed E-state index contributed by atoms with van der Waals surface area (Å²) in [4.78, 5) is 0. The minimum atomic E-state index is 0.453. The van der Waals surface area contributed by atoms with Crippen LogP contribution in [0.4, 0.5) is 0 Å². The Kier molecular flexibility index (Phi) is 2.98. The molecule has 0 radical (unpaired) electrons. The van der Waals surface area contributed by atoms with Gasteiger partial charge in [-0.25, -0.2) is 0 Å². The summed E-state index contributed by atoms with van der Waals surface area (Å²) in [5.74, 6) is 0.871. The van der Waals surface area contributed by atoms with Crippen molar-refractivity contribution in [2.24, 2.45) is 5.92 Å². The lowest BCUT2D eigenvalue weighted by atomic mass is 10.2. The van der Waals surface area contributed by atoms with E-state index in [2.05, 4.69) is 5.32 Å². The number of hydrogen-bond acceptors (Lipinski definition) is 3. The van der Waals surface area contributed by atoms with Crippen molar-refractivity contribution in [1.29, 1.82) is 0 Å². The van der Waals surface area contributed by atoms with Gasteiger partial charge in [0.2, 0.25) is 0 Å². The van der Waals surface area contributed by atoms with E-state index in [1.807, 2.05) is 0 Å². The Balaban J connectivity index is 1.35. The molecular weight excluding hydrogens is 154 g/mol. The molecule has 0 atom stereocenters. The van der Waals surface area contributed by atoms with Crippen molar-refractivity contribution in [2.75, 3.05) is 32.9 Å². The smallest absolute Gasteiger partial charge is 0.0824 e. The maximum Gasteiger partial charge on any atom is 0.0824 e. The third-order valence-electron chi connectivity index (χ3n) is 2.38. The fourth-order valence-corrected chi connectivity index (χ4v) is 1.19. The quantitative estimate of drug-likeness (QED) is 0.587. The molecule has 3 heteroatoms. The van der Waals surface area contributed by atoms with Gasteiger partial charge in [0.05, 0.1) is 19.3 Å². The zero-order valence-electron chi connectivity index (χ0n) is 7.42. The lowest BCUT2D eigenvalue weighted by molar-refractivity contribution is -0.0181. The number of hydrogen-bond donors (Lipinski definition) is 1. The molecule has 1 N–H and O–H groups in total. The van der Waals surface area contributed by atoms with Crippen LogP contribution in [0.5, 0.6) is 0 Å². The molecular formula is C9H17NO2. The summed E-state index contributed by atoms with van der Waals surface area (Å²) in [5, 5.41) is 3.16. The fourth-order valence-electron chi connectivity index (χ4n) is 1.19. The van der Waals surface area contributed by atoms with Gasteiger partial charge in [0.25, 0.3) is 0 Å². The average Bonchev–Trinajstić information content (AvgIpc) is 2.76. The molecule has 2 rings (SSSR count). The van der Waals surface area contributed by atoms with Crippen LogP contribution in [0, 0.1) is 5.92 Å². The second-order valence-electron chi connectivity index (χ2n) is 3.67. The number of rotatable bonds is 6. The van der Waals surface area contributed by atoms with Crippen LogP contribution in [0.3, 0.4) is 0 Å². The van der Waals surface area contributed by atoms with E-state index in [1.165, 1.54) is 12.8 Å². The second-order valence-corrected chi connectivity index (χ2v) is 3.67. The van der Waals surface area contributed by atoms with E-state index in [0.29, 0.717) is 6.10 Å². The topological polar surface area (TPSA) is 30.5 Å². The lowest BCUT2D eigenvalue weighted by Crippen LogP contribution is -2.48. The van der Waals surface area contributed by atoms with E-state index >= 15 is 0 Å². The monoisotopic (exact) mass is 171 g/mol. The van der Waals surface area contributed by atoms with Crippen molar-refractivity contribution in [2.45, 2.75) is 18.9 Å². The summed E-state index contributed by atoms with van der Waals surface area (Å²) in [6.07, 6.45) is 3.19. The van der Waals surface area contributed by atoms with Crippen LogP contribution in [-0.2, 0) is 9.47 Å². The molecule has 1 saturated carbocycles. The van der Waals surface area contributed by atoms with Crippen molar-refractivity contribution in [3.8, 4) is 0 Å².